The fourth-order valence-electron chi connectivity index (χ4n) is 5.30. The van der Waals surface area contributed by atoms with Crippen LogP contribution in [-0.2, 0) is 19.9 Å². The maximum atomic E-state index is 13.3. The first kappa shape index (κ1) is 31.1. The summed E-state index contributed by atoms with van der Waals surface area (Å²) in [5.41, 5.74) is -2.20. The quantitative estimate of drug-likeness (QED) is 0.450. The number of ether oxygens (including phenoxy) is 2. The van der Waals surface area contributed by atoms with Crippen molar-refractivity contribution >= 4 is 40.8 Å². The highest BCUT2D eigenvalue weighted by atomic mass is 16.6. The monoisotopic (exact) mass is 609 g/mol. The van der Waals surface area contributed by atoms with Gasteiger partial charge in [0.05, 0.1) is 11.2 Å². The molecule has 0 radical (unpaired) electrons. The summed E-state index contributed by atoms with van der Waals surface area (Å²) < 4.78 is 16.6. The number of fused-ring (bicyclic) bond motifs is 1. The number of likely N-dealkylation sites (N-methyl/N-ethyl adjacent to an activating group) is 1. The van der Waals surface area contributed by atoms with Crippen LogP contribution in [0.2, 0.25) is 0 Å². The van der Waals surface area contributed by atoms with Crippen LogP contribution < -0.4 is 9.80 Å². The number of likely N-dealkylation sites (tertiary alicyclic amines) is 1. The van der Waals surface area contributed by atoms with Crippen LogP contribution in [0.25, 0.3) is 11.0 Å². The Balaban J connectivity index is 1.45. The van der Waals surface area contributed by atoms with Gasteiger partial charge in [-0.15, -0.1) is 0 Å². The average molecular weight is 610 g/mol. The lowest BCUT2D eigenvalue weighted by molar-refractivity contribution is -0.144. The highest BCUT2D eigenvalue weighted by Crippen LogP contribution is 2.36. The van der Waals surface area contributed by atoms with Crippen molar-refractivity contribution in [2.24, 2.45) is 0 Å². The Morgan fingerprint density at radius 2 is 1.75 bits per heavy atom. The van der Waals surface area contributed by atoms with Gasteiger partial charge < -0.3 is 28.9 Å². The lowest BCUT2D eigenvalue weighted by Crippen LogP contribution is -2.44. The molecule has 0 spiro atoms. The highest BCUT2D eigenvalue weighted by molar-refractivity contribution is 6.12. The normalized spacial score (nSPS) is 21.1. The summed E-state index contributed by atoms with van der Waals surface area (Å²) in [5, 5.41) is 15.2. The molecule has 5 heterocycles. The van der Waals surface area contributed by atoms with Crippen LogP contribution in [0, 0.1) is 0 Å². The maximum absolute atomic E-state index is 13.3. The number of carbonyl (C=O) groups is 3. The molecule has 0 unspecified atom stereocenters. The average Bonchev–Trinajstić information content (AvgIpc) is 3.54. The van der Waals surface area contributed by atoms with E-state index in [1.807, 2.05) is 6.07 Å². The fourth-order valence-corrected chi connectivity index (χ4v) is 5.30. The van der Waals surface area contributed by atoms with E-state index in [1.165, 1.54) is 11.2 Å². The van der Waals surface area contributed by atoms with Gasteiger partial charge in [-0.05, 0) is 66.5 Å². The second-order valence-electron chi connectivity index (χ2n) is 13.3. The number of aromatic nitrogens is 4. The number of rotatable bonds is 4. The first-order chi connectivity index (χ1) is 20.6. The molecule has 2 aliphatic heterocycles. The van der Waals surface area contributed by atoms with E-state index < -0.39 is 34.9 Å². The van der Waals surface area contributed by atoms with Crippen molar-refractivity contribution in [1.82, 2.24) is 25.0 Å². The third-order valence-corrected chi connectivity index (χ3v) is 7.42. The van der Waals surface area contributed by atoms with E-state index in [-0.39, 0.29) is 29.4 Å². The number of aliphatic hydroxyl groups is 1. The largest absolute Gasteiger partial charge is 0.443 e. The van der Waals surface area contributed by atoms with Crippen LogP contribution in [0.1, 0.15) is 78.2 Å². The molecule has 0 bridgehead atoms. The van der Waals surface area contributed by atoms with E-state index in [1.54, 1.807) is 60.7 Å². The summed E-state index contributed by atoms with van der Waals surface area (Å²) in [4.78, 5) is 56.9. The van der Waals surface area contributed by atoms with Crippen molar-refractivity contribution in [3.05, 3.63) is 36.0 Å². The third-order valence-electron chi connectivity index (χ3n) is 7.42. The van der Waals surface area contributed by atoms with E-state index in [2.05, 4.69) is 20.0 Å². The van der Waals surface area contributed by atoms with Crippen LogP contribution in [0.3, 0.4) is 0 Å². The predicted molar refractivity (Wildman–Crippen MR) is 159 cm³/mol. The fraction of sp³-hybridized carbons (Fsp3) is 0.567. The number of imide groups is 1. The molecule has 1 N–H and O–H groups in total. The molecule has 3 aromatic rings. The number of hydrogen-bond donors (Lipinski definition) is 1. The summed E-state index contributed by atoms with van der Waals surface area (Å²) in [6, 6.07) is 5.24. The number of anilines is 2. The Kier molecular flexibility index (Phi) is 7.99. The molecule has 5 rings (SSSR count). The van der Waals surface area contributed by atoms with Gasteiger partial charge in [0.15, 0.2) is 11.6 Å². The minimum absolute atomic E-state index is 0.0527. The summed E-state index contributed by atoms with van der Waals surface area (Å²) >= 11 is 0. The molecular formula is C30H39N7O7. The maximum Gasteiger partial charge on any atom is 0.425 e. The zero-order chi connectivity index (χ0) is 32.0. The van der Waals surface area contributed by atoms with E-state index >= 15 is 0 Å². The van der Waals surface area contributed by atoms with Crippen LogP contribution >= 0.6 is 0 Å². The molecule has 2 aliphatic rings. The highest BCUT2D eigenvalue weighted by Gasteiger charge is 2.48. The van der Waals surface area contributed by atoms with Crippen molar-refractivity contribution in [2.45, 2.75) is 83.5 Å². The molecule has 2 saturated heterocycles. The van der Waals surface area contributed by atoms with Gasteiger partial charge in [-0.2, -0.15) is 4.90 Å². The Labute approximate surface area is 255 Å². The number of nitrogens with zero attached hydrogens (tertiary/aromatic N) is 7. The molecule has 236 valence electrons. The van der Waals surface area contributed by atoms with E-state index in [9.17, 15) is 19.5 Å². The molecule has 3 aromatic heterocycles. The summed E-state index contributed by atoms with van der Waals surface area (Å²) in [7, 11) is 1.64. The minimum Gasteiger partial charge on any atom is -0.443 e. The molecular weight excluding hydrogens is 570 g/mol. The molecule has 0 aliphatic carbocycles. The van der Waals surface area contributed by atoms with Gasteiger partial charge >= 0.3 is 12.2 Å². The predicted octanol–water partition coefficient (Wildman–Crippen LogP) is 4.12. The first-order valence-corrected chi connectivity index (χ1v) is 14.6. The van der Waals surface area contributed by atoms with Gasteiger partial charge in [0.1, 0.15) is 28.9 Å². The van der Waals surface area contributed by atoms with Crippen molar-refractivity contribution < 1.29 is 33.5 Å². The van der Waals surface area contributed by atoms with E-state index in [0.717, 1.165) is 17.7 Å². The molecule has 14 nitrogen and oxygen atoms in total. The Bertz CT molecular complexity index is 1550. The first-order valence-electron chi connectivity index (χ1n) is 14.6. The number of hydrogen-bond acceptors (Lipinski definition) is 12. The minimum atomic E-state index is -1.71. The molecule has 0 aromatic carbocycles. The standard InChI is InChI=1S/C30H39N7O7/c1-28(2,3)42-26(39)37(27(40)43-29(4,5)6)24-23-19(31-17-32-24)10-11-22(33-23)36-13-8-9-18(16-36)20-15-21(44-34-20)30(41)12-14-35(7)25(30)38/h10-11,15,17-18,41H,8-9,12-14,16H2,1-7H3/t18-,30-/m1/s1. The zero-order valence-electron chi connectivity index (χ0n) is 26.2. The Hall–Kier alpha value is -4.33. The van der Waals surface area contributed by atoms with Gasteiger partial charge in [0.25, 0.3) is 5.91 Å². The van der Waals surface area contributed by atoms with Crippen LogP contribution in [0.15, 0.2) is 29.0 Å². The summed E-state index contributed by atoms with van der Waals surface area (Å²) in [6.07, 6.45) is 1.23. The third kappa shape index (κ3) is 6.30. The van der Waals surface area contributed by atoms with Crippen LogP contribution in [0.5, 0.6) is 0 Å². The van der Waals surface area contributed by atoms with E-state index in [4.69, 9.17) is 19.0 Å². The molecule has 0 saturated carbocycles. The lowest BCUT2D eigenvalue weighted by Gasteiger charge is -2.33. The summed E-state index contributed by atoms with van der Waals surface area (Å²) in [5.74, 6) is 0.212. The SMILES string of the molecule is CN1CC[C@@](O)(c2cc([C@@H]3CCCN(c4ccc5ncnc(N(C(=O)OC(C)(C)C)C(=O)OC(C)(C)C)c5n4)C3)no2)C1=O. The van der Waals surface area contributed by atoms with Crippen LogP contribution in [0.4, 0.5) is 21.2 Å². The number of amides is 3. The lowest BCUT2D eigenvalue weighted by atomic mass is 9.92. The van der Waals surface area contributed by atoms with Crippen LogP contribution in [-0.4, -0.2) is 86.1 Å². The van der Waals surface area contributed by atoms with Crippen molar-refractivity contribution in [2.75, 3.05) is 36.5 Å². The van der Waals surface area contributed by atoms with Gasteiger partial charge in [-0.25, -0.2) is 24.5 Å². The van der Waals surface area contributed by atoms with Gasteiger partial charge in [-0.3, -0.25) is 4.79 Å². The second-order valence-corrected chi connectivity index (χ2v) is 13.3. The molecule has 2 atom stereocenters. The van der Waals surface area contributed by atoms with Gasteiger partial charge in [0, 0.05) is 45.1 Å². The Morgan fingerprint density at radius 3 is 2.36 bits per heavy atom. The Morgan fingerprint density at radius 1 is 1.07 bits per heavy atom. The molecule has 14 heteroatoms. The summed E-state index contributed by atoms with van der Waals surface area (Å²) in [6.45, 7) is 11.8. The molecule has 2 fully saturated rings. The molecule has 3 amide bonds. The van der Waals surface area contributed by atoms with E-state index in [0.29, 0.717) is 36.7 Å². The topological polar surface area (TPSA) is 164 Å². The van der Waals surface area contributed by atoms with Gasteiger partial charge in [0.2, 0.25) is 5.60 Å². The van der Waals surface area contributed by atoms with Crippen molar-refractivity contribution in [3.8, 4) is 0 Å². The zero-order valence-corrected chi connectivity index (χ0v) is 26.2. The second kappa shape index (κ2) is 11.3. The number of pyridine rings is 1. The smallest absolute Gasteiger partial charge is 0.425 e. The van der Waals surface area contributed by atoms with Crippen molar-refractivity contribution in [3.63, 3.8) is 0 Å². The van der Waals surface area contributed by atoms with Crippen molar-refractivity contribution in [1.29, 1.82) is 0 Å². The number of piperidine rings is 1. The number of carbonyl (C=O) groups excluding carboxylic acids is 3. The molecule has 44 heavy (non-hydrogen) atoms. The van der Waals surface area contributed by atoms with Gasteiger partial charge in [-0.1, -0.05) is 5.16 Å².